The standard InChI is InChI=1S/C8H10O5S/c1-2-12-14(10,11)13-8-5-3-4-7(9)6-8/h3-6,9H,2H2,1H3. The second kappa shape index (κ2) is 4.30. The molecule has 1 aromatic rings. The highest BCUT2D eigenvalue weighted by atomic mass is 32.3. The Hall–Kier alpha value is -1.27. The number of hydrogen-bond donors (Lipinski definition) is 1. The predicted molar refractivity (Wildman–Crippen MR) is 49.3 cm³/mol. The molecule has 1 aromatic carbocycles. The Morgan fingerprint density at radius 1 is 1.43 bits per heavy atom. The molecule has 78 valence electrons. The SMILES string of the molecule is CCOS(=O)(=O)Oc1cccc(O)c1. The Morgan fingerprint density at radius 3 is 2.71 bits per heavy atom. The van der Waals surface area contributed by atoms with Gasteiger partial charge in [-0.2, -0.15) is 8.42 Å². The lowest BCUT2D eigenvalue weighted by Gasteiger charge is -2.05. The minimum absolute atomic E-state index is 0.00114. The van der Waals surface area contributed by atoms with Gasteiger partial charge in [-0.05, 0) is 19.1 Å². The van der Waals surface area contributed by atoms with Crippen molar-refractivity contribution in [2.75, 3.05) is 6.61 Å². The summed E-state index contributed by atoms with van der Waals surface area (Å²) in [5.41, 5.74) is 0. The van der Waals surface area contributed by atoms with Gasteiger partial charge in [-0.15, -0.1) is 0 Å². The predicted octanol–water partition coefficient (Wildman–Crippen LogP) is 1.05. The first-order valence-corrected chi connectivity index (χ1v) is 5.24. The van der Waals surface area contributed by atoms with Crippen molar-refractivity contribution in [3.63, 3.8) is 0 Å². The van der Waals surface area contributed by atoms with Crippen molar-refractivity contribution in [3.8, 4) is 11.5 Å². The van der Waals surface area contributed by atoms with Crippen molar-refractivity contribution in [1.29, 1.82) is 0 Å². The van der Waals surface area contributed by atoms with Crippen LogP contribution >= 0.6 is 0 Å². The number of phenols is 1. The van der Waals surface area contributed by atoms with Crippen LogP contribution in [0.3, 0.4) is 0 Å². The van der Waals surface area contributed by atoms with Gasteiger partial charge in [-0.3, -0.25) is 0 Å². The molecular formula is C8H10O5S. The topological polar surface area (TPSA) is 72.8 Å². The molecule has 14 heavy (non-hydrogen) atoms. The molecule has 0 saturated carbocycles. The highest BCUT2D eigenvalue weighted by Gasteiger charge is 2.12. The summed E-state index contributed by atoms with van der Waals surface area (Å²) in [6, 6.07) is 5.44. The maximum atomic E-state index is 11.0. The van der Waals surface area contributed by atoms with Gasteiger partial charge in [0.1, 0.15) is 11.5 Å². The second-order valence-corrected chi connectivity index (χ2v) is 3.61. The fourth-order valence-electron chi connectivity index (χ4n) is 0.822. The molecule has 0 aliphatic rings. The van der Waals surface area contributed by atoms with Gasteiger partial charge < -0.3 is 9.29 Å². The highest BCUT2D eigenvalue weighted by molar-refractivity contribution is 7.82. The van der Waals surface area contributed by atoms with Crippen LogP contribution in [0.1, 0.15) is 6.92 Å². The van der Waals surface area contributed by atoms with E-state index in [9.17, 15) is 8.42 Å². The van der Waals surface area contributed by atoms with E-state index in [1.54, 1.807) is 0 Å². The summed E-state index contributed by atoms with van der Waals surface area (Å²) in [6.45, 7) is 1.53. The zero-order chi connectivity index (χ0) is 10.6. The summed E-state index contributed by atoms with van der Waals surface area (Å²) in [7, 11) is -4.01. The lowest BCUT2D eigenvalue weighted by Crippen LogP contribution is -2.12. The van der Waals surface area contributed by atoms with Crippen LogP contribution in [0.5, 0.6) is 11.5 Å². The Labute approximate surface area is 82.2 Å². The number of phenolic OH excluding ortho intramolecular Hbond substituents is 1. The van der Waals surface area contributed by atoms with Crippen LogP contribution in [-0.2, 0) is 14.6 Å². The van der Waals surface area contributed by atoms with Crippen LogP contribution in [0.25, 0.3) is 0 Å². The van der Waals surface area contributed by atoms with Gasteiger partial charge >= 0.3 is 10.4 Å². The quantitative estimate of drug-likeness (QED) is 0.817. The van der Waals surface area contributed by atoms with E-state index in [1.807, 2.05) is 0 Å². The average molecular weight is 218 g/mol. The number of hydrogen-bond acceptors (Lipinski definition) is 5. The summed E-state index contributed by atoms with van der Waals surface area (Å²) < 4.78 is 30.8. The largest absolute Gasteiger partial charge is 0.508 e. The van der Waals surface area contributed by atoms with Crippen molar-refractivity contribution < 1.29 is 21.9 Å². The van der Waals surface area contributed by atoms with Crippen LogP contribution < -0.4 is 4.18 Å². The van der Waals surface area contributed by atoms with Crippen LogP contribution in [0.15, 0.2) is 24.3 Å². The zero-order valence-electron chi connectivity index (χ0n) is 7.50. The van der Waals surface area contributed by atoms with Crippen LogP contribution in [0, 0.1) is 0 Å². The van der Waals surface area contributed by atoms with Gasteiger partial charge in [0.25, 0.3) is 0 Å². The summed E-state index contributed by atoms with van der Waals surface area (Å²) in [5, 5.41) is 9.02. The van der Waals surface area contributed by atoms with Gasteiger partial charge in [-0.1, -0.05) is 6.07 Å². The maximum absolute atomic E-state index is 11.0. The zero-order valence-corrected chi connectivity index (χ0v) is 8.32. The molecule has 1 rings (SSSR count). The molecule has 0 aliphatic heterocycles. The van der Waals surface area contributed by atoms with E-state index in [4.69, 9.17) is 5.11 Å². The highest BCUT2D eigenvalue weighted by Crippen LogP contribution is 2.19. The fraction of sp³-hybridized carbons (Fsp3) is 0.250. The Morgan fingerprint density at radius 2 is 2.14 bits per heavy atom. The molecule has 0 unspecified atom stereocenters. The molecular weight excluding hydrogens is 208 g/mol. The first-order valence-electron chi connectivity index (χ1n) is 3.91. The van der Waals surface area contributed by atoms with Crippen molar-refractivity contribution in [2.24, 2.45) is 0 Å². The normalized spacial score (nSPS) is 11.2. The van der Waals surface area contributed by atoms with Crippen LogP contribution in [-0.4, -0.2) is 20.1 Å². The van der Waals surface area contributed by atoms with Crippen LogP contribution in [0.2, 0.25) is 0 Å². The number of rotatable bonds is 4. The summed E-state index contributed by atoms with van der Waals surface area (Å²) in [5.74, 6) is -0.0624. The molecule has 5 nitrogen and oxygen atoms in total. The van der Waals surface area contributed by atoms with E-state index in [2.05, 4.69) is 8.37 Å². The molecule has 0 atom stereocenters. The molecule has 0 bridgehead atoms. The van der Waals surface area contributed by atoms with Gasteiger partial charge in [0.15, 0.2) is 0 Å². The summed E-state index contributed by atoms with van der Waals surface area (Å²) in [6.07, 6.45) is 0. The first kappa shape index (κ1) is 10.8. The van der Waals surface area contributed by atoms with Crippen molar-refractivity contribution in [3.05, 3.63) is 24.3 Å². The van der Waals surface area contributed by atoms with E-state index >= 15 is 0 Å². The van der Waals surface area contributed by atoms with Crippen molar-refractivity contribution >= 4 is 10.4 Å². The van der Waals surface area contributed by atoms with E-state index in [0.717, 1.165) is 0 Å². The van der Waals surface area contributed by atoms with Gasteiger partial charge in [0.05, 0.1) is 6.61 Å². The molecule has 1 N–H and O–H groups in total. The van der Waals surface area contributed by atoms with E-state index < -0.39 is 10.4 Å². The molecule has 0 aromatic heterocycles. The average Bonchev–Trinajstić information content (AvgIpc) is 2.02. The van der Waals surface area contributed by atoms with E-state index in [0.29, 0.717) is 0 Å². The number of aromatic hydroxyl groups is 1. The maximum Gasteiger partial charge on any atom is 0.449 e. The van der Waals surface area contributed by atoms with Gasteiger partial charge in [-0.25, -0.2) is 4.18 Å². The third-order valence-corrected chi connectivity index (χ3v) is 2.20. The molecule has 0 aliphatic carbocycles. The van der Waals surface area contributed by atoms with Gasteiger partial charge in [0.2, 0.25) is 0 Å². The Balaban J connectivity index is 2.79. The molecule has 0 amide bonds. The first-order chi connectivity index (χ1) is 6.53. The third kappa shape index (κ3) is 3.23. The molecule has 0 radical (unpaired) electrons. The van der Waals surface area contributed by atoms with E-state index in [1.165, 1.54) is 31.2 Å². The number of benzene rings is 1. The summed E-state index contributed by atoms with van der Waals surface area (Å²) >= 11 is 0. The lowest BCUT2D eigenvalue weighted by molar-refractivity contribution is 0.287. The lowest BCUT2D eigenvalue weighted by atomic mass is 10.3. The molecule has 6 heteroatoms. The monoisotopic (exact) mass is 218 g/mol. The minimum Gasteiger partial charge on any atom is -0.508 e. The third-order valence-electron chi connectivity index (χ3n) is 1.28. The Bertz CT molecular complexity index is 398. The van der Waals surface area contributed by atoms with Gasteiger partial charge in [0, 0.05) is 6.07 Å². The molecule has 0 fully saturated rings. The molecule has 0 saturated heterocycles. The van der Waals surface area contributed by atoms with Crippen molar-refractivity contribution in [1.82, 2.24) is 0 Å². The smallest absolute Gasteiger partial charge is 0.449 e. The summed E-state index contributed by atoms with van der Waals surface area (Å²) in [4.78, 5) is 0. The Kier molecular flexibility index (Phi) is 3.32. The minimum atomic E-state index is -4.01. The van der Waals surface area contributed by atoms with Crippen molar-refractivity contribution in [2.45, 2.75) is 6.92 Å². The fourth-order valence-corrected chi connectivity index (χ4v) is 1.50. The molecule has 0 heterocycles. The molecule has 0 spiro atoms. The van der Waals surface area contributed by atoms with E-state index in [-0.39, 0.29) is 18.1 Å². The second-order valence-electron chi connectivity index (χ2n) is 2.40. The van der Waals surface area contributed by atoms with Crippen LogP contribution in [0.4, 0.5) is 0 Å².